The Morgan fingerprint density at radius 3 is 2.33 bits per heavy atom. The van der Waals surface area contributed by atoms with Crippen molar-refractivity contribution >= 4 is 5.97 Å². The van der Waals surface area contributed by atoms with Gasteiger partial charge in [-0.1, -0.05) is 58.3 Å². The molecule has 2 saturated heterocycles. The van der Waals surface area contributed by atoms with Gasteiger partial charge in [0.1, 0.15) is 18.3 Å². The second-order valence-electron chi connectivity index (χ2n) is 8.03. The zero-order chi connectivity index (χ0) is 21.1. The Hall–Kier alpha value is 0.230. The Bertz CT molecular complexity index is 471. The zero-order valence-corrected chi connectivity index (χ0v) is 20.8. The Labute approximate surface area is 202 Å². The summed E-state index contributed by atoms with van der Waals surface area (Å²) in [7, 11) is 1.45. The number of nitrogens with one attached hydrogen (secondary N) is 1. The first-order valence-electron chi connectivity index (χ1n) is 11.1. The summed E-state index contributed by atoms with van der Waals surface area (Å²) >= 11 is 0. The number of carbonyl (C=O) groups is 1. The molecule has 2 N–H and O–H groups in total. The van der Waals surface area contributed by atoms with Gasteiger partial charge in [0, 0.05) is 13.7 Å². The fraction of sp³-hybridized carbons (Fsp3) is 0.952. The van der Waals surface area contributed by atoms with E-state index in [0.29, 0.717) is 6.61 Å². The van der Waals surface area contributed by atoms with Gasteiger partial charge in [-0.2, -0.15) is 0 Å². The van der Waals surface area contributed by atoms with Gasteiger partial charge in [0.05, 0.1) is 18.6 Å². The van der Waals surface area contributed by atoms with Crippen molar-refractivity contribution in [3.63, 3.8) is 0 Å². The number of carbonyl (C=O) groups excluding carboxylic acids is 1. The second kappa shape index (κ2) is 15.9. The minimum atomic E-state index is -1.26. The van der Waals surface area contributed by atoms with Gasteiger partial charge in [0.15, 0.2) is 12.6 Å². The third-order valence-corrected chi connectivity index (χ3v) is 5.69. The fourth-order valence-corrected chi connectivity index (χ4v) is 4.03. The van der Waals surface area contributed by atoms with Crippen molar-refractivity contribution in [1.82, 2.24) is 5.32 Å². The Balaban J connectivity index is 0.00000450. The minimum Gasteiger partial charge on any atom is -0.549 e. The Morgan fingerprint density at radius 1 is 1.10 bits per heavy atom. The maximum absolute atomic E-state index is 10.7. The molecule has 2 aliphatic heterocycles. The molecule has 1 unspecified atom stereocenters. The van der Waals surface area contributed by atoms with Crippen LogP contribution < -0.4 is 40.0 Å². The Kier molecular flexibility index (Phi) is 15.0. The molecular formula is C21H38NNaO7. The molecular weight excluding hydrogens is 401 g/mol. The number of aliphatic hydroxyl groups excluding tert-OH is 1. The number of fused-ring (bicyclic) bond motifs is 1. The van der Waals surface area contributed by atoms with Gasteiger partial charge in [-0.05, 0) is 12.8 Å². The van der Waals surface area contributed by atoms with Crippen LogP contribution in [0.1, 0.15) is 71.1 Å². The SMILES string of the molecule is CCCCCCCCCCCC1OC[C@H]2O[C@H](OC)[C@H](NCC(=O)[O-])[C@@H](O)[C@@H]2O1.[Na+]. The van der Waals surface area contributed by atoms with Crippen molar-refractivity contribution in [2.24, 2.45) is 0 Å². The van der Waals surface area contributed by atoms with Crippen molar-refractivity contribution in [2.75, 3.05) is 20.3 Å². The van der Waals surface area contributed by atoms with Crippen molar-refractivity contribution in [3.8, 4) is 0 Å². The van der Waals surface area contributed by atoms with Gasteiger partial charge in [0.2, 0.25) is 0 Å². The molecule has 0 spiro atoms. The molecule has 0 amide bonds. The number of hydrogen-bond acceptors (Lipinski definition) is 8. The van der Waals surface area contributed by atoms with Gasteiger partial charge in [-0.25, -0.2) is 0 Å². The summed E-state index contributed by atoms with van der Waals surface area (Å²) in [5.41, 5.74) is 0. The van der Waals surface area contributed by atoms with Crippen molar-refractivity contribution in [1.29, 1.82) is 0 Å². The molecule has 0 aromatic carbocycles. The monoisotopic (exact) mass is 439 g/mol. The molecule has 0 radical (unpaired) electrons. The molecule has 0 saturated carbocycles. The van der Waals surface area contributed by atoms with E-state index < -0.39 is 43.2 Å². The van der Waals surface area contributed by atoms with Crippen LogP contribution in [0.5, 0.6) is 0 Å². The molecule has 0 aromatic heterocycles. The molecule has 2 heterocycles. The summed E-state index contributed by atoms with van der Waals surface area (Å²) in [5, 5.41) is 24.2. The molecule has 8 nitrogen and oxygen atoms in total. The van der Waals surface area contributed by atoms with Gasteiger partial charge < -0.3 is 39.3 Å². The molecule has 6 atom stereocenters. The quantitative estimate of drug-likeness (QED) is 0.239. The van der Waals surface area contributed by atoms with Gasteiger partial charge >= 0.3 is 29.6 Å². The van der Waals surface area contributed by atoms with Gasteiger partial charge in [-0.15, -0.1) is 0 Å². The summed E-state index contributed by atoms with van der Waals surface area (Å²) in [6, 6.07) is -0.717. The van der Waals surface area contributed by atoms with E-state index >= 15 is 0 Å². The van der Waals surface area contributed by atoms with Crippen LogP contribution in [0.15, 0.2) is 0 Å². The van der Waals surface area contributed by atoms with E-state index in [9.17, 15) is 15.0 Å². The number of ether oxygens (including phenoxy) is 4. The number of carboxylic acid groups (broad SMARTS) is 1. The summed E-state index contributed by atoms with van der Waals surface area (Å²) in [4.78, 5) is 10.7. The van der Waals surface area contributed by atoms with E-state index in [0.717, 1.165) is 19.3 Å². The maximum Gasteiger partial charge on any atom is 1.00 e. The van der Waals surface area contributed by atoms with E-state index in [1.807, 2.05) is 0 Å². The molecule has 0 aliphatic carbocycles. The maximum atomic E-state index is 10.7. The summed E-state index contributed by atoms with van der Waals surface area (Å²) in [6.07, 6.45) is 8.88. The van der Waals surface area contributed by atoms with Crippen LogP contribution in [-0.2, 0) is 23.7 Å². The van der Waals surface area contributed by atoms with E-state index in [-0.39, 0.29) is 35.8 Å². The number of carboxylic acids is 1. The first-order valence-corrected chi connectivity index (χ1v) is 11.1. The normalized spacial score (nSPS) is 31.0. The molecule has 2 rings (SSSR count). The van der Waals surface area contributed by atoms with Crippen molar-refractivity contribution < 1.29 is 63.5 Å². The summed E-state index contributed by atoms with van der Waals surface area (Å²) < 4.78 is 22.7. The molecule has 30 heavy (non-hydrogen) atoms. The largest absolute Gasteiger partial charge is 1.00 e. The Morgan fingerprint density at radius 2 is 1.73 bits per heavy atom. The average molecular weight is 440 g/mol. The topological polar surface area (TPSA) is 109 Å². The third kappa shape index (κ3) is 9.38. The van der Waals surface area contributed by atoms with E-state index in [1.54, 1.807) is 0 Å². The van der Waals surface area contributed by atoms with Crippen LogP contribution in [0.3, 0.4) is 0 Å². The molecule has 2 aliphatic rings. The summed E-state index contributed by atoms with van der Waals surface area (Å²) in [5.74, 6) is -1.26. The third-order valence-electron chi connectivity index (χ3n) is 5.69. The second-order valence-corrected chi connectivity index (χ2v) is 8.03. The van der Waals surface area contributed by atoms with E-state index in [4.69, 9.17) is 18.9 Å². The smallest absolute Gasteiger partial charge is 0.549 e. The van der Waals surface area contributed by atoms with Crippen molar-refractivity contribution in [2.45, 2.75) is 108 Å². The van der Waals surface area contributed by atoms with E-state index in [1.165, 1.54) is 52.1 Å². The molecule has 0 aromatic rings. The first-order chi connectivity index (χ1) is 14.1. The number of aliphatic carboxylic acids is 1. The predicted molar refractivity (Wildman–Crippen MR) is 105 cm³/mol. The minimum absolute atomic E-state index is 0. The molecule has 2 fully saturated rings. The number of unbranched alkanes of at least 4 members (excludes halogenated alkanes) is 8. The van der Waals surface area contributed by atoms with E-state index in [2.05, 4.69) is 12.2 Å². The standard InChI is InChI=1S/C21H39NO7.Na/c1-3-4-5-6-7-8-9-10-11-12-17-27-14-15-20(29-17)19(25)18(21(26-2)28-15)22-13-16(23)24;/h15,17-22,25H,3-14H2,1-2H3,(H,23,24);/q;+1/p-1/t15-,17?,18-,19-,20-,21+;/m1./s1. The van der Waals surface area contributed by atoms with Crippen molar-refractivity contribution in [3.05, 3.63) is 0 Å². The number of aliphatic hydroxyl groups is 1. The van der Waals surface area contributed by atoms with Crippen LogP contribution in [0.2, 0.25) is 0 Å². The van der Waals surface area contributed by atoms with Crippen LogP contribution in [0.4, 0.5) is 0 Å². The van der Waals surface area contributed by atoms with Crippen LogP contribution in [-0.4, -0.2) is 68.3 Å². The number of rotatable bonds is 14. The average Bonchev–Trinajstić information content (AvgIpc) is 2.71. The van der Waals surface area contributed by atoms with Crippen LogP contribution >= 0.6 is 0 Å². The predicted octanol–water partition coefficient (Wildman–Crippen LogP) is -1.91. The van der Waals surface area contributed by atoms with Gasteiger partial charge in [0.25, 0.3) is 0 Å². The van der Waals surface area contributed by atoms with Crippen LogP contribution in [0.25, 0.3) is 0 Å². The fourth-order valence-electron chi connectivity index (χ4n) is 4.03. The molecule has 170 valence electrons. The van der Waals surface area contributed by atoms with Crippen LogP contribution in [0, 0.1) is 0 Å². The van der Waals surface area contributed by atoms with Gasteiger partial charge in [-0.3, -0.25) is 0 Å². The molecule has 0 bridgehead atoms. The molecule has 9 heteroatoms. The number of hydrogen-bond donors (Lipinski definition) is 2. The zero-order valence-electron chi connectivity index (χ0n) is 18.8. The first kappa shape index (κ1) is 28.3. The summed E-state index contributed by atoms with van der Waals surface area (Å²) in [6.45, 7) is 2.15. The number of methoxy groups -OCH3 is 1.